The number of phosphoric acid groups is 3. The molecular formula is C47H57N7O15P3+. The molecule has 72 heavy (non-hydrogen) atoms. The lowest BCUT2D eigenvalue weighted by molar-refractivity contribution is -0.121. The van der Waals surface area contributed by atoms with E-state index in [0.29, 0.717) is 18.5 Å². The Morgan fingerprint density at radius 2 is 1.76 bits per heavy atom. The van der Waals surface area contributed by atoms with Crippen LogP contribution in [0.4, 0.5) is 11.5 Å². The van der Waals surface area contributed by atoms with E-state index in [1.165, 1.54) is 28.4 Å². The molecule has 384 valence electrons. The molecule has 1 saturated heterocycles. The molecule has 4 aliphatic heterocycles. The van der Waals surface area contributed by atoms with Crippen LogP contribution in [0.2, 0.25) is 0 Å². The number of rotatable bonds is 17. The molecule has 4 aliphatic rings. The number of hydrogen-bond acceptors (Lipinski definition) is 14. The summed E-state index contributed by atoms with van der Waals surface area (Å²) in [4.78, 5) is 84.5. The van der Waals surface area contributed by atoms with Crippen LogP contribution in [-0.4, -0.2) is 105 Å². The number of nitrogen functional groups attached to an aromatic ring is 1. The summed E-state index contributed by atoms with van der Waals surface area (Å²) in [6.07, 6.45) is 4.24. The van der Waals surface area contributed by atoms with Gasteiger partial charge in [-0.05, 0) is 81.7 Å². The highest BCUT2D eigenvalue weighted by Gasteiger charge is 2.42. The average Bonchev–Trinajstić information content (AvgIpc) is 3.80. The number of phosphoric ester groups is 1. The second kappa shape index (κ2) is 21.9. The Balaban J connectivity index is 0.898. The molecule has 7 N–H and O–H groups in total. The van der Waals surface area contributed by atoms with Crippen LogP contribution in [0.5, 0.6) is 11.5 Å². The maximum Gasteiger partial charge on any atom is 0.490 e. The fraction of sp³-hybridized carbons (Fsp3) is 0.426. The number of carbonyl (C=O) groups is 2. The van der Waals surface area contributed by atoms with Gasteiger partial charge in [0, 0.05) is 85.0 Å². The van der Waals surface area contributed by atoms with Gasteiger partial charge in [0.05, 0.1) is 30.9 Å². The van der Waals surface area contributed by atoms with Gasteiger partial charge in [-0.25, -0.2) is 23.1 Å². The first-order valence-electron chi connectivity index (χ1n) is 23.5. The molecule has 4 atom stereocenters. The number of carbonyl (C=O) groups excluding carboxylic acids is 2. The molecule has 25 heteroatoms. The highest BCUT2D eigenvalue weighted by atomic mass is 31.3. The zero-order valence-corrected chi connectivity index (χ0v) is 42.6. The SMILES string of the molecule is CCN1CCCc2cc3c(cc21)Oc1cc2c(cc1=C3c1ccccc1C(=O)N(C)CCCC(=O)NCC#Cc1cn([C@H]3CC[C@@H](COP(=O)(O)OP(=O)(O)OP(=O)(O)O)O3)c(=O)nc1N)CCC[N+]=2CC. The van der Waals surface area contributed by atoms with Crippen LogP contribution in [0.25, 0.3) is 5.57 Å². The third-order valence-corrected chi connectivity index (χ3v) is 16.6. The van der Waals surface area contributed by atoms with Crippen LogP contribution in [0.3, 0.4) is 0 Å². The number of hydrogen-bond donors (Lipinski definition) is 6. The minimum atomic E-state index is -5.70. The van der Waals surface area contributed by atoms with Crippen molar-refractivity contribution in [2.24, 2.45) is 0 Å². The quantitative estimate of drug-likeness (QED) is 0.0442. The van der Waals surface area contributed by atoms with Crippen LogP contribution in [0.15, 0.2) is 59.5 Å². The van der Waals surface area contributed by atoms with Crippen LogP contribution >= 0.6 is 23.5 Å². The van der Waals surface area contributed by atoms with E-state index in [9.17, 15) is 37.9 Å². The maximum absolute atomic E-state index is 14.4. The van der Waals surface area contributed by atoms with E-state index in [2.05, 4.69) is 82.9 Å². The van der Waals surface area contributed by atoms with Gasteiger partial charge in [-0.1, -0.05) is 30.0 Å². The Hall–Kier alpha value is -5.52. The standard InChI is InChI=1S/C47H56N7O15P3/c1-4-52-22-9-13-30-24-36-40(26-38(30)52)67-41-27-39-31(14-10-23-53(39)5-2)25-37(41)44(36)34-15-6-7-16-35(34)46(56)51(3)21-11-17-42(55)49-20-8-12-32-28-54(47(57)50-45(32)48)43-19-18-33(66-43)29-65-71(61,62)69-72(63,64)68-70(58,59)60/h6-7,15-16,24-28,33,43H,4-5,9-11,13-14,17-23,29H2,1-3H3,(H6-,48,49,50,55,57,58,59,60,61,62,63,64)/p+1/t33-,43+/m0/s1. The lowest BCUT2D eigenvalue weighted by Crippen LogP contribution is -2.39. The lowest BCUT2D eigenvalue weighted by atomic mass is 9.86. The first kappa shape index (κ1) is 52.8. The second-order valence-corrected chi connectivity index (χ2v) is 22.1. The van der Waals surface area contributed by atoms with Crippen LogP contribution in [0, 0.1) is 11.8 Å². The Bertz CT molecular complexity index is 3210. The van der Waals surface area contributed by atoms with Gasteiger partial charge in [0.1, 0.15) is 36.6 Å². The van der Waals surface area contributed by atoms with E-state index in [1.807, 2.05) is 24.3 Å². The van der Waals surface area contributed by atoms with Crippen LogP contribution in [0.1, 0.15) is 96.8 Å². The molecule has 0 radical (unpaired) electrons. The highest BCUT2D eigenvalue weighted by Crippen LogP contribution is 2.66. The van der Waals surface area contributed by atoms with Crippen LogP contribution in [-0.2, 0) is 49.2 Å². The number of aryl methyl sites for hydroxylation is 2. The fourth-order valence-electron chi connectivity index (χ4n) is 9.47. The van der Waals surface area contributed by atoms with Crippen molar-refractivity contribution in [3.8, 4) is 23.3 Å². The number of anilines is 2. The molecule has 1 fully saturated rings. The Morgan fingerprint density at radius 1 is 0.986 bits per heavy atom. The van der Waals surface area contributed by atoms with Gasteiger partial charge in [-0.2, -0.15) is 13.6 Å². The fourth-order valence-corrected chi connectivity index (χ4v) is 12.5. The van der Waals surface area contributed by atoms with Gasteiger partial charge < -0.3 is 49.9 Å². The molecule has 0 saturated carbocycles. The summed E-state index contributed by atoms with van der Waals surface area (Å²) in [6.45, 7) is 7.62. The minimum absolute atomic E-state index is 0.0766. The summed E-state index contributed by atoms with van der Waals surface area (Å²) >= 11 is 0. The number of amides is 2. The van der Waals surface area contributed by atoms with Gasteiger partial charge in [0.25, 0.3) is 5.91 Å². The van der Waals surface area contributed by atoms with E-state index >= 15 is 0 Å². The number of benzene rings is 3. The molecular weight excluding hydrogens is 995 g/mol. The summed E-state index contributed by atoms with van der Waals surface area (Å²) in [5.41, 5.74) is 12.3. The molecule has 8 rings (SSSR count). The Labute approximate surface area is 414 Å². The highest BCUT2D eigenvalue weighted by molar-refractivity contribution is 7.66. The molecule has 1 aromatic heterocycles. The van der Waals surface area contributed by atoms with Gasteiger partial charge in [-0.3, -0.25) is 18.7 Å². The van der Waals surface area contributed by atoms with Crippen molar-refractivity contribution < 1.29 is 65.5 Å². The van der Waals surface area contributed by atoms with Crippen molar-refractivity contribution in [3.63, 3.8) is 0 Å². The van der Waals surface area contributed by atoms with E-state index < -0.39 is 48.1 Å². The van der Waals surface area contributed by atoms with Crippen molar-refractivity contribution in [1.82, 2.24) is 24.3 Å². The number of nitrogens with two attached hydrogens (primary N) is 1. The molecule has 0 bridgehead atoms. The van der Waals surface area contributed by atoms with E-state index in [4.69, 9.17) is 25.0 Å². The number of aromatic nitrogens is 2. The zero-order chi connectivity index (χ0) is 51.5. The molecule has 3 aromatic carbocycles. The lowest BCUT2D eigenvalue weighted by Gasteiger charge is -2.33. The van der Waals surface area contributed by atoms with Gasteiger partial charge in [-0.15, -0.1) is 0 Å². The number of ether oxygens (including phenoxy) is 2. The molecule has 2 amide bonds. The first-order chi connectivity index (χ1) is 34.2. The summed E-state index contributed by atoms with van der Waals surface area (Å²) in [7, 11) is -14.9. The third kappa shape index (κ3) is 12.3. The molecule has 4 aromatic rings. The third-order valence-electron chi connectivity index (χ3n) is 12.8. The molecule has 5 heterocycles. The van der Waals surface area contributed by atoms with Crippen molar-refractivity contribution in [2.45, 2.75) is 77.5 Å². The summed E-state index contributed by atoms with van der Waals surface area (Å²) in [6, 6.07) is 16.5. The van der Waals surface area contributed by atoms with E-state index in [-0.39, 0.29) is 49.0 Å². The largest absolute Gasteiger partial charge is 0.490 e. The van der Waals surface area contributed by atoms with E-state index in [0.717, 1.165) is 89.8 Å². The Kier molecular flexibility index (Phi) is 16.1. The monoisotopic (exact) mass is 1050 g/mol. The summed E-state index contributed by atoms with van der Waals surface area (Å²) < 4.78 is 62.7. The number of fused-ring (bicyclic) bond motifs is 4. The van der Waals surface area contributed by atoms with Gasteiger partial charge in [0.15, 0.2) is 0 Å². The average molecular weight is 1050 g/mol. The van der Waals surface area contributed by atoms with Crippen molar-refractivity contribution in [3.05, 3.63) is 109 Å². The first-order valence-corrected chi connectivity index (χ1v) is 28.1. The van der Waals surface area contributed by atoms with Gasteiger partial charge in [0.2, 0.25) is 11.3 Å². The normalized spacial score (nSPS) is 18.8. The molecule has 2 unspecified atom stereocenters. The summed E-state index contributed by atoms with van der Waals surface area (Å²) in [5.74, 6) is 6.44. The maximum atomic E-state index is 14.4. The zero-order valence-electron chi connectivity index (χ0n) is 39.9. The van der Waals surface area contributed by atoms with Gasteiger partial charge >= 0.3 is 29.2 Å². The Morgan fingerprint density at radius 3 is 2.53 bits per heavy atom. The predicted molar refractivity (Wildman–Crippen MR) is 263 cm³/mol. The molecule has 22 nitrogen and oxygen atoms in total. The van der Waals surface area contributed by atoms with E-state index in [1.54, 1.807) is 11.9 Å². The molecule has 0 spiro atoms. The topological polar surface area (TPSA) is 295 Å². The van der Waals surface area contributed by atoms with Crippen LogP contribution < -0.4 is 41.5 Å². The second-order valence-electron chi connectivity index (χ2n) is 17.7. The summed E-state index contributed by atoms with van der Waals surface area (Å²) in [5, 5.41) is 4.87. The smallest absolute Gasteiger partial charge is 0.456 e. The predicted octanol–water partition coefficient (Wildman–Crippen LogP) is 3.45. The number of nitrogens with zero attached hydrogens (tertiary/aromatic N) is 5. The van der Waals surface area contributed by atoms with Crippen molar-refractivity contribution in [1.29, 1.82) is 0 Å². The minimum Gasteiger partial charge on any atom is -0.456 e. The van der Waals surface area contributed by atoms with Crippen molar-refractivity contribution >= 4 is 52.4 Å². The molecule has 0 aliphatic carbocycles. The number of nitrogens with one attached hydrogen (secondary N) is 1. The van der Waals surface area contributed by atoms with Crippen molar-refractivity contribution in [2.75, 3.05) is 63.6 Å².